The molecule has 1 aromatic heterocycles. The van der Waals surface area contributed by atoms with Gasteiger partial charge in [0.1, 0.15) is 11.0 Å². The number of carbonyl (C=O) groups excluding carboxylic acids is 1. The van der Waals surface area contributed by atoms with E-state index in [1.807, 2.05) is 73.8 Å². The summed E-state index contributed by atoms with van der Waals surface area (Å²) in [7, 11) is 0. The Labute approximate surface area is 222 Å². The molecule has 198 valence electrons. The molecule has 4 rings (SSSR count). The quantitative estimate of drug-likeness (QED) is 0.443. The second-order valence-corrected chi connectivity index (χ2v) is 12.1. The molecule has 0 spiro atoms. The van der Waals surface area contributed by atoms with Gasteiger partial charge in [0.05, 0.1) is 6.04 Å². The van der Waals surface area contributed by atoms with Crippen molar-refractivity contribution in [2.45, 2.75) is 77.6 Å². The van der Waals surface area contributed by atoms with Crippen LogP contribution < -0.4 is 5.43 Å². The summed E-state index contributed by atoms with van der Waals surface area (Å²) < 4.78 is 5.72. The van der Waals surface area contributed by atoms with Gasteiger partial charge < -0.3 is 15.3 Å². The molecule has 0 unspecified atom stereocenters. The van der Waals surface area contributed by atoms with Crippen molar-refractivity contribution < 1.29 is 19.4 Å². The molecule has 1 amide bonds. The molecule has 1 aromatic carbocycles. The first-order valence-corrected chi connectivity index (χ1v) is 13.4. The number of carbonyl (C=O) groups is 2. The average molecular weight is 525 g/mol. The lowest BCUT2D eigenvalue weighted by Crippen LogP contribution is -2.52. The van der Waals surface area contributed by atoms with Gasteiger partial charge in [-0.3, -0.25) is 14.7 Å². The highest BCUT2D eigenvalue weighted by Gasteiger charge is 2.59. The van der Waals surface area contributed by atoms with Gasteiger partial charge in [-0.2, -0.15) is 0 Å². The molecule has 0 radical (unpaired) electrons. The summed E-state index contributed by atoms with van der Waals surface area (Å²) >= 11 is 1.45. The van der Waals surface area contributed by atoms with Crippen molar-refractivity contribution in [3.8, 4) is 0 Å². The summed E-state index contributed by atoms with van der Waals surface area (Å²) in [5.41, 5.74) is 4.47. The first kappa shape index (κ1) is 26.7. The Morgan fingerprint density at radius 1 is 1.27 bits per heavy atom. The fourth-order valence-electron chi connectivity index (χ4n) is 5.30. The van der Waals surface area contributed by atoms with E-state index in [2.05, 4.69) is 31.2 Å². The largest absolute Gasteiger partial charge is 0.507 e. The molecule has 3 heterocycles. The lowest BCUT2D eigenvalue weighted by atomic mass is 9.86. The summed E-state index contributed by atoms with van der Waals surface area (Å²) in [5, 5.41) is 14.4. The van der Waals surface area contributed by atoms with Crippen LogP contribution in [0.2, 0.25) is 0 Å². The van der Waals surface area contributed by atoms with Crippen LogP contribution in [0, 0.1) is 5.92 Å². The number of carboxylic acid groups (broad SMARTS) is 1. The highest BCUT2D eigenvalue weighted by Crippen LogP contribution is 2.50. The molecule has 0 saturated carbocycles. The number of likely N-dealkylation sites (tertiary alicyclic amines) is 1. The minimum Gasteiger partial charge on any atom is -0.450 e. The van der Waals surface area contributed by atoms with Gasteiger partial charge in [-0.15, -0.1) is 11.3 Å². The molecule has 0 aliphatic carbocycles. The zero-order chi connectivity index (χ0) is 27.0. The molecule has 8 nitrogen and oxygen atoms in total. The Morgan fingerprint density at radius 2 is 1.97 bits per heavy atom. The lowest BCUT2D eigenvalue weighted by Gasteiger charge is -2.40. The van der Waals surface area contributed by atoms with Crippen molar-refractivity contribution in [2.75, 3.05) is 0 Å². The van der Waals surface area contributed by atoms with Crippen molar-refractivity contribution in [1.29, 1.82) is 0 Å². The van der Waals surface area contributed by atoms with E-state index in [1.165, 1.54) is 11.3 Å². The second kappa shape index (κ2) is 10.2. The first-order valence-electron chi connectivity index (χ1n) is 12.6. The van der Waals surface area contributed by atoms with Crippen LogP contribution in [0.4, 0.5) is 4.79 Å². The maximum absolute atomic E-state index is 14.3. The topological polar surface area (TPSA) is 95.0 Å². The van der Waals surface area contributed by atoms with E-state index in [-0.39, 0.29) is 29.7 Å². The van der Waals surface area contributed by atoms with E-state index < -0.39 is 17.9 Å². The molecule has 9 heteroatoms. The maximum Gasteiger partial charge on any atom is 0.507 e. The third-order valence-electron chi connectivity index (χ3n) is 6.79. The molecule has 0 bridgehead atoms. The van der Waals surface area contributed by atoms with Crippen molar-refractivity contribution >= 4 is 23.4 Å². The van der Waals surface area contributed by atoms with E-state index >= 15 is 0 Å². The van der Waals surface area contributed by atoms with E-state index in [4.69, 9.17) is 4.74 Å². The van der Waals surface area contributed by atoms with Gasteiger partial charge >= 0.3 is 6.16 Å². The number of aromatic nitrogens is 1. The van der Waals surface area contributed by atoms with Crippen molar-refractivity contribution in [1.82, 2.24) is 20.3 Å². The summed E-state index contributed by atoms with van der Waals surface area (Å²) in [5.74, 6) is -0.210. The Balaban J connectivity index is 1.86. The van der Waals surface area contributed by atoms with Crippen LogP contribution in [0.3, 0.4) is 0 Å². The first-order chi connectivity index (χ1) is 17.4. The Bertz CT molecular complexity index is 1180. The number of nitrogens with zero attached hydrogens (tertiary/aromatic N) is 3. The predicted molar refractivity (Wildman–Crippen MR) is 144 cm³/mol. The highest BCUT2D eigenvalue weighted by atomic mass is 32.1. The van der Waals surface area contributed by atoms with Crippen LogP contribution in [0.25, 0.3) is 0 Å². The molecule has 2 aliphatic rings. The third kappa shape index (κ3) is 5.51. The predicted octanol–water partition coefficient (Wildman–Crippen LogP) is 6.07. The number of amides is 1. The van der Waals surface area contributed by atoms with Gasteiger partial charge in [0.15, 0.2) is 5.72 Å². The fraction of sp³-hybridized carbons (Fsp3) is 0.464. The van der Waals surface area contributed by atoms with Crippen LogP contribution in [-0.2, 0) is 10.2 Å². The van der Waals surface area contributed by atoms with Gasteiger partial charge in [0, 0.05) is 41.9 Å². The Kier molecular flexibility index (Phi) is 7.37. The number of nitrogens with one attached hydrogen (secondary N) is 1. The molecule has 37 heavy (non-hydrogen) atoms. The fourth-order valence-corrected chi connectivity index (χ4v) is 6.08. The zero-order valence-corrected chi connectivity index (χ0v) is 23.1. The lowest BCUT2D eigenvalue weighted by molar-refractivity contribution is -0.108. The number of allylic oxidation sites excluding steroid dienone is 3. The van der Waals surface area contributed by atoms with Crippen LogP contribution in [0.5, 0.6) is 0 Å². The third-order valence-corrected chi connectivity index (χ3v) is 7.64. The molecular formula is C28H36N4O4S. The van der Waals surface area contributed by atoms with Crippen LogP contribution in [-0.4, -0.2) is 43.8 Å². The standard InChI is InChI=1S/C28H36N4O4S/c1-18(2)16-28(36-26(34)35)17-22(31-14-7-8-19(3)30-31)23(24-29-13-15-37-24)32(28)25(33)20-9-11-21(12-10-20)27(4,5)6/h7-15,18,22-23,30H,16-17H2,1-6H3,(H,34,35)/t22-,23+,28-/m0/s1. The van der Waals surface area contributed by atoms with Gasteiger partial charge in [0.25, 0.3) is 5.91 Å². The highest BCUT2D eigenvalue weighted by molar-refractivity contribution is 7.09. The van der Waals surface area contributed by atoms with E-state index in [1.54, 1.807) is 11.1 Å². The number of ether oxygens (including phenoxy) is 1. The minimum absolute atomic E-state index is 0.0603. The normalized spacial score (nSPS) is 23.7. The SMILES string of the molecule is CC1=CC=CN([C@H]2C[C@](CC(C)C)(OC(=O)O)N(C(=O)c3ccc(C(C)(C)C)cc3)[C@H]2c2nccs2)N1. The number of rotatable bonds is 6. The molecule has 2 N–H and O–H groups in total. The van der Waals surface area contributed by atoms with Gasteiger partial charge in [-0.05, 0) is 48.1 Å². The van der Waals surface area contributed by atoms with Crippen LogP contribution in [0.15, 0.2) is 59.9 Å². The van der Waals surface area contributed by atoms with E-state index in [0.29, 0.717) is 12.0 Å². The second-order valence-electron chi connectivity index (χ2n) is 11.2. The summed E-state index contributed by atoms with van der Waals surface area (Å²) in [6, 6.07) is 6.72. The smallest absolute Gasteiger partial charge is 0.450 e. The van der Waals surface area contributed by atoms with E-state index in [9.17, 15) is 14.7 Å². The molecule has 2 aliphatic heterocycles. The monoisotopic (exact) mass is 524 g/mol. The number of benzene rings is 1. The van der Waals surface area contributed by atoms with Gasteiger partial charge in [-0.1, -0.05) is 46.8 Å². The maximum atomic E-state index is 14.3. The van der Waals surface area contributed by atoms with Crippen LogP contribution in [0.1, 0.15) is 81.4 Å². The van der Waals surface area contributed by atoms with Crippen LogP contribution >= 0.6 is 11.3 Å². The van der Waals surface area contributed by atoms with Crippen molar-refractivity contribution in [2.24, 2.45) is 5.92 Å². The molecular weight excluding hydrogens is 488 g/mol. The Morgan fingerprint density at radius 3 is 2.51 bits per heavy atom. The van der Waals surface area contributed by atoms with Crippen molar-refractivity contribution in [3.63, 3.8) is 0 Å². The summed E-state index contributed by atoms with van der Waals surface area (Å²) in [6.07, 6.45) is 6.75. The van der Waals surface area contributed by atoms with Gasteiger partial charge in [-0.25, -0.2) is 9.78 Å². The molecule has 1 fully saturated rings. The van der Waals surface area contributed by atoms with Gasteiger partial charge in [0.2, 0.25) is 0 Å². The molecule has 1 saturated heterocycles. The van der Waals surface area contributed by atoms with E-state index in [0.717, 1.165) is 16.3 Å². The summed E-state index contributed by atoms with van der Waals surface area (Å²) in [4.78, 5) is 32.7. The zero-order valence-electron chi connectivity index (χ0n) is 22.3. The minimum atomic E-state index is -1.40. The number of hydrogen-bond donors (Lipinski definition) is 2. The average Bonchev–Trinajstić information content (AvgIpc) is 3.43. The summed E-state index contributed by atoms with van der Waals surface area (Å²) in [6.45, 7) is 12.3. The van der Waals surface area contributed by atoms with Crippen molar-refractivity contribution in [3.05, 3.63) is 76.0 Å². The Hall–Kier alpha value is -3.33. The number of hydrazine groups is 1. The molecule has 3 atom stereocenters. The number of thiazole rings is 1. The number of hydrogen-bond acceptors (Lipinski definition) is 7. The molecule has 2 aromatic rings.